The van der Waals surface area contributed by atoms with Gasteiger partial charge in [0.25, 0.3) is 0 Å². The number of hydrogen-bond acceptors (Lipinski definition) is 6. The summed E-state index contributed by atoms with van der Waals surface area (Å²) >= 11 is 3.12. The van der Waals surface area contributed by atoms with Crippen molar-refractivity contribution in [3.05, 3.63) is 22.7 Å². The minimum Gasteiger partial charge on any atom is -0.444 e. The molecule has 0 saturated carbocycles. The quantitative estimate of drug-likeness (QED) is 0.754. The number of aliphatic hydroxyl groups excluding tert-OH is 2. The molecule has 0 aliphatic rings. The van der Waals surface area contributed by atoms with Crippen molar-refractivity contribution >= 4 is 22.0 Å². The summed E-state index contributed by atoms with van der Waals surface area (Å²) in [6.45, 7) is 5.04. The first-order valence-electron chi connectivity index (χ1n) is 5.99. The first-order chi connectivity index (χ1) is 9.19. The van der Waals surface area contributed by atoms with Gasteiger partial charge in [0.2, 0.25) is 0 Å². The van der Waals surface area contributed by atoms with Gasteiger partial charge >= 0.3 is 6.09 Å². The molecule has 0 bridgehead atoms. The Morgan fingerprint density at radius 3 is 2.55 bits per heavy atom. The summed E-state index contributed by atoms with van der Waals surface area (Å²) in [4.78, 5) is 19.2. The van der Waals surface area contributed by atoms with E-state index in [1.807, 2.05) is 0 Å². The van der Waals surface area contributed by atoms with Gasteiger partial charge in [-0.15, -0.1) is 0 Å². The molecule has 0 spiro atoms. The number of amides is 1. The average Bonchev–Trinajstić information content (AvgIpc) is 2.34. The summed E-state index contributed by atoms with van der Waals surface area (Å²) < 4.78 is 5.54. The van der Waals surface area contributed by atoms with Crippen molar-refractivity contribution in [2.24, 2.45) is 0 Å². The summed E-state index contributed by atoms with van der Waals surface area (Å²) in [5, 5.41) is 22.0. The lowest BCUT2D eigenvalue weighted by atomic mass is 10.1. The molecule has 7 nitrogen and oxygen atoms in total. The Kier molecular flexibility index (Phi) is 5.85. The van der Waals surface area contributed by atoms with Crippen LogP contribution in [0.1, 0.15) is 32.6 Å². The summed E-state index contributed by atoms with van der Waals surface area (Å²) in [5.74, 6) is 0. The molecule has 3 N–H and O–H groups in total. The Morgan fingerprint density at radius 1 is 1.40 bits per heavy atom. The van der Waals surface area contributed by atoms with Crippen LogP contribution < -0.4 is 5.32 Å². The van der Waals surface area contributed by atoms with Crippen molar-refractivity contribution in [3.63, 3.8) is 0 Å². The van der Waals surface area contributed by atoms with Crippen molar-refractivity contribution in [2.75, 3.05) is 6.54 Å². The Balaban J connectivity index is 2.48. The molecule has 1 rings (SSSR count). The van der Waals surface area contributed by atoms with Crippen LogP contribution in [-0.4, -0.2) is 44.5 Å². The minimum atomic E-state index is -1.24. The predicted molar refractivity (Wildman–Crippen MR) is 74.9 cm³/mol. The van der Waals surface area contributed by atoms with Crippen molar-refractivity contribution in [3.8, 4) is 0 Å². The SMILES string of the molecule is CC(C)(C)OC(=O)NCC(O)C(O)c1cnc(Br)cn1. The number of nitrogens with one attached hydrogen (secondary N) is 1. The molecule has 1 amide bonds. The van der Waals surface area contributed by atoms with Gasteiger partial charge in [-0.3, -0.25) is 4.98 Å². The van der Waals surface area contributed by atoms with E-state index in [0.29, 0.717) is 4.60 Å². The second-order valence-corrected chi connectivity index (χ2v) is 5.97. The molecular weight excluding hydrogens is 330 g/mol. The molecule has 8 heteroatoms. The van der Waals surface area contributed by atoms with E-state index >= 15 is 0 Å². The summed E-state index contributed by atoms with van der Waals surface area (Å²) in [6.07, 6.45) is -0.368. The number of aliphatic hydroxyl groups is 2. The monoisotopic (exact) mass is 347 g/mol. The van der Waals surface area contributed by atoms with Crippen LogP contribution in [0.4, 0.5) is 4.79 Å². The van der Waals surface area contributed by atoms with E-state index in [4.69, 9.17) is 4.74 Å². The minimum absolute atomic E-state index is 0.159. The summed E-state index contributed by atoms with van der Waals surface area (Å²) in [6, 6.07) is 0. The average molecular weight is 348 g/mol. The molecule has 1 aromatic rings. The fourth-order valence-electron chi connectivity index (χ4n) is 1.29. The van der Waals surface area contributed by atoms with Crippen molar-refractivity contribution < 1.29 is 19.7 Å². The maximum Gasteiger partial charge on any atom is 0.407 e. The molecule has 112 valence electrons. The highest BCUT2D eigenvalue weighted by Crippen LogP contribution is 2.14. The standard InChI is InChI=1S/C12H18BrN3O4/c1-12(2,3)20-11(19)16-5-8(17)10(18)7-4-15-9(13)6-14-7/h4,6,8,10,17-18H,5H2,1-3H3,(H,16,19). The molecule has 20 heavy (non-hydrogen) atoms. The number of rotatable bonds is 4. The Morgan fingerprint density at radius 2 is 2.05 bits per heavy atom. The second kappa shape index (κ2) is 6.96. The zero-order valence-electron chi connectivity index (χ0n) is 11.5. The molecule has 0 saturated heterocycles. The van der Waals surface area contributed by atoms with Crippen molar-refractivity contribution in [1.82, 2.24) is 15.3 Å². The van der Waals surface area contributed by atoms with Crippen LogP contribution >= 0.6 is 15.9 Å². The largest absolute Gasteiger partial charge is 0.444 e. The molecular formula is C12H18BrN3O4. The van der Waals surface area contributed by atoms with Crippen molar-refractivity contribution in [2.45, 2.75) is 38.6 Å². The van der Waals surface area contributed by atoms with Crippen LogP contribution in [0, 0.1) is 0 Å². The smallest absolute Gasteiger partial charge is 0.407 e. The highest BCUT2D eigenvalue weighted by molar-refractivity contribution is 9.10. The van der Waals surface area contributed by atoms with Gasteiger partial charge in [0.05, 0.1) is 18.1 Å². The van der Waals surface area contributed by atoms with E-state index in [1.54, 1.807) is 20.8 Å². The van der Waals surface area contributed by atoms with Gasteiger partial charge in [-0.25, -0.2) is 9.78 Å². The van der Waals surface area contributed by atoms with Crippen LogP contribution in [0.15, 0.2) is 17.0 Å². The molecule has 2 unspecified atom stereocenters. The number of carbonyl (C=O) groups excluding carboxylic acids is 1. The third-order valence-corrected chi connectivity index (χ3v) is 2.57. The number of nitrogens with zero attached hydrogens (tertiary/aromatic N) is 2. The Hall–Kier alpha value is -1.25. The van der Waals surface area contributed by atoms with Crippen molar-refractivity contribution in [1.29, 1.82) is 0 Å². The second-order valence-electron chi connectivity index (χ2n) is 5.16. The van der Waals surface area contributed by atoms with Crippen LogP contribution in [0.25, 0.3) is 0 Å². The highest BCUT2D eigenvalue weighted by Gasteiger charge is 2.22. The maximum atomic E-state index is 11.4. The van der Waals surface area contributed by atoms with E-state index < -0.39 is 23.9 Å². The van der Waals surface area contributed by atoms with Gasteiger partial charge in [0, 0.05) is 6.54 Å². The van der Waals surface area contributed by atoms with Crippen LogP contribution in [-0.2, 0) is 4.74 Å². The highest BCUT2D eigenvalue weighted by atomic mass is 79.9. The van der Waals surface area contributed by atoms with Gasteiger partial charge in [-0.2, -0.15) is 0 Å². The number of ether oxygens (including phenoxy) is 1. The molecule has 2 atom stereocenters. The van der Waals surface area contributed by atoms with Crippen LogP contribution in [0.5, 0.6) is 0 Å². The lowest BCUT2D eigenvalue weighted by Crippen LogP contribution is -2.39. The van der Waals surface area contributed by atoms with E-state index in [-0.39, 0.29) is 12.2 Å². The predicted octanol–water partition coefficient (Wildman–Crippen LogP) is 1.16. The normalized spacial score (nSPS) is 14.5. The van der Waals surface area contributed by atoms with Gasteiger partial charge < -0.3 is 20.3 Å². The topological polar surface area (TPSA) is 105 Å². The number of hydrogen-bond donors (Lipinski definition) is 3. The van der Waals surface area contributed by atoms with E-state index in [0.717, 1.165) is 0 Å². The Labute approximate surface area is 125 Å². The first kappa shape index (κ1) is 16.8. The summed E-state index contributed by atoms with van der Waals surface area (Å²) in [5.41, 5.74) is -0.406. The zero-order valence-corrected chi connectivity index (χ0v) is 13.1. The van der Waals surface area contributed by atoms with E-state index in [2.05, 4.69) is 31.2 Å². The summed E-state index contributed by atoms with van der Waals surface area (Å²) in [7, 11) is 0. The molecule has 1 aromatic heterocycles. The third kappa shape index (κ3) is 5.81. The lowest BCUT2D eigenvalue weighted by Gasteiger charge is -2.21. The maximum absolute atomic E-state index is 11.4. The molecule has 0 radical (unpaired) electrons. The van der Waals surface area contributed by atoms with Gasteiger partial charge in [0.15, 0.2) is 0 Å². The van der Waals surface area contributed by atoms with Gasteiger partial charge in [-0.1, -0.05) is 0 Å². The number of aromatic nitrogens is 2. The molecule has 0 aliphatic carbocycles. The first-order valence-corrected chi connectivity index (χ1v) is 6.79. The van der Waals surface area contributed by atoms with E-state index in [1.165, 1.54) is 12.4 Å². The molecule has 0 fully saturated rings. The fourth-order valence-corrected chi connectivity index (χ4v) is 1.49. The van der Waals surface area contributed by atoms with E-state index in [9.17, 15) is 15.0 Å². The van der Waals surface area contributed by atoms with Crippen LogP contribution in [0.2, 0.25) is 0 Å². The fraction of sp³-hybridized carbons (Fsp3) is 0.583. The lowest BCUT2D eigenvalue weighted by molar-refractivity contribution is 0.0107. The third-order valence-electron chi connectivity index (χ3n) is 2.16. The zero-order chi connectivity index (χ0) is 15.3. The van der Waals surface area contributed by atoms with Crippen LogP contribution in [0.3, 0.4) is 0 Å². The Bertz CT molecular complexity index is 447. The molecule has 1 heterocycles. The number of halogens is 1. The van der Waals surface area contributed by atoms with Gasteiger partial charge in [0.1, 0.15) is 22.4 Å². The number of carbonyl (C=O) groups is 1. The molecule has 0 aromatic carbocycles. The number of alkyl carbamates (subject to hydrolysis) is 1. The molecule has 0 aliphatic heterocycles. The van der Waals surface area contributed by atoms with Gasteiger partial charge in [-0.05, 0) is 36.7 Å².